The summed E-state index contributed by atoms with van der Waals surface area (Å²) in [6.45, 7) is 0.483. The number of amides is 1. The van der Waals surface area contributed by atoms with Crippen molar-refractivity contribution in [1.29, 1.82) is 0 Å². The molecule has 0 unspecified atom stereocenters. The van der Waals surface area contributed by atoms with Crippen LogP contribution in [-0.4, -0.2) is 55.1 Å². The van der Waals surface area contributed by atoms with Crippen LogP contribution in [0, 0.1) is 0 Å². The molecular weight excluding hydrogens is 406 g/mol. The quantitative estimate of drug-likeness (QED) is 0.478. The van der Waals surface area contributed by atoms with E-state index >= 15 is 0 Å². The van der Waals surface area contributed by atoms with E-state index in [1.54, 1.807) is 51.5 Å². The number of nitrogens with zero attached hydrogens (tertiary/aromatic N) is 3. The second-order valence-corrected chi connectivity index (χ2v) is 7.26. The third-order valence-corrected chi connectivity index (χ3v) is 5.14. The van der Waals surface area contributed by atoms with Crippen LogP contribution in [-0.2, 0) is 11.3 Å². The van der Waals surface area contributed by atoms with Crippen molar-refractivity contribution in [3.05, 3.63) is 48.0 Å². The van der Waals surface area contributed by atoms with Crippen molar-refractivity contribution in [2.45, 2.75) is 11.8 Å². The van der Waals surface area contributed by atoms with Crippen LogP contribution in [0.25, 0.3) is 11.5 Å². The SMILES string of the molecule is COc1cccc(CN(C)C(=O)CSc2nnc(-c3ccc(OC)c(OC)c3)o2)c1. The molecule has 8 nitrogen and oxygen atoms in total. The lowest BCUT2D eigenvalue weighted by Crippen LogP contribution is -2.27. The van der Waals surface area contributed by atoms with Gasteiger partial charge in [0.25, 0.3) is 5.22 Å². The summed E-state index contributed by atoms with van der Waals surface area (Å²) in [6.07, 6.45) is 0. The smallest absolute Gasteiger partial charge is 0.277 e. The summed E-state index contributed by atoms with van der Waals surface area (Å²) in [5, 5.41) is 8.39. The highest BCUT2D eigenvalue weighted by Gasteiger charge is 2.15. The van der Waals surface area contributed by atoms with E-state index in [9.17, 15) is 4.79 Å². The van der Waals surface area contributed by atoms with E-state index in [0.717, 1.165) is 11.3 Å². The lowest BCUT2D eigenvalue weighted by atomic mass is 10.2. The second kappa shape index (κ2) is 10.0. The van der Waals surface area contributed by atoms with Crippen molar-refractivity contribution >= 4 is 17.7 Å². The lowest BCUT2D eigenvalue weighted by molar-refractivity contribution is -0.127. The Bertz CT molecular complexity index is 1010. The van der Waals surface area contributed by atoms with Crippen LogP contribution in [0.15, 0.2) is 52.1 Å². The number of hydrogen-bond donors (Lipinski definition) is 0. The third-order valence-electron chi connectivity index (χ3n) is 4.34. The van der Waals surface area contributed by atoms with Gasteiger partial charge in [-0.3, -0.25) is 4.79 Å². The summed E-state index contributed by atoms with van der Waals surface area (Å²) in [6, 6.07) is 13.0. The topological polar surface area (TPSA) is 86.9 Å². The van der Waals surface area contributed by atoms with Crippen molar-refractivity contribution in [2.24, 2.45) is 0 Å². The molecule has 0 N–H and O–H groups in total. The highest BCUT2D eigenvalue weighted by Crippen LogP contribution is 2.32. The largest absolute Gasteiger partial charge is 0.497 e. The van der Waals surface area contributed by atoms with E-state index in [-0.39, 0.29) is 11.7 Å². The number of hydrogen-bond acceptors (Lipinski definition) is 8. The minimum atomic E-state index is -0.0475. The molecule has 1 amide bonds. The first-order valence-corrected chi connectivity index (χ1v) is 10.1. The summed E-state index contributed by atoms with van der Waals surface area (Å²) in [5.41, 5.74) is 1.69. The van der Waals surface area contributed by atoms with Crippen molar-refractivity contribution in [3.63, 3.8) is 0 Å². The Kier molecular flexibility index (Phi) is 7.18. The number of rotatable bonds is 9. The van der Waals surface area contributed by atoms with Gasteiger partial charge in [-0.2, -0.15) is 0 Å². The minimum absolute atomic E-state index is 0.0475. The Hall–Kier alpha value is -3.20. The standard InChI is InChI=1S/C21H23N3O5S/c1-24(12-14-6-5-7-16(10-14)26-2)19(25)13-30-21-23-22-20(29-21)15-8-9-17(27-3)18(11-15)28-4/h5-11H,12-13H2,1-4H3. The highest BCUT2D eigenvalue weighted by atomic mass is 32.2. The number of ether oxygens (including phenoxy) is 3. The van der Waals surface area contributed by atoms with Crippen LogP contribution >= 0.6 is 11.8 Å². The fraction of sp³-hybridized carbons (Fsp3) is 0.286. The van der Waals surface area contributed by atoms with Gasteiger partial charge in [0.2, 0.25) is 11.8 Å². The Morgan fingerprint density at radius 1 is 1.03 bits per heavy atom. The molecule has 0 aliphatic carbocycles. The van der Waals surface area contributed by atoms with E-state index in [1.807, 2.05) is 24.3 Å². The van der Waals surface area contributed by atoms with Crippen molar-refractivity contribution in [1.82, 2.24) is 15.1 Å². The maximum Gasteiger partial charge on any atom is 0.277 e. The monoisotopic (exact) mass is 429 g/mol. The molecule has 0 saturated carbocycles. The Morgan fingerprint density at radius 3 is 2.57 bits per heavy atom. The summed E-state index contributed by atoms with van der Waals surface area (Å²) in [5.74, 6) is 2.42. The average Bonchev–Trinajstić information content (AvgIpc) is 3.26. The van der Waals surface area contributed by atoms with Gasteiger partial charge in [0.1, 0.15) is 5.75 Å². The zero-order chi connectivity index (χ0) is 21.5. The van der Waals surface area contributed by atoms with Gasteiger partial charge >= 0.3 is 0 Å². The van der Waals surface area contributed by atoms with E-state index < -0.39 is 0 Å². The zero-order valence-corrected chi connectivity index (χ0v) is 18.1. The predicted octanol–water partition coefficient (Wildman–Crippen LogP) is 3.51. The van der Waals surface area contributed by atoms with Gasteiger partial charge < -0.3 is 23.5 Å². The first-order valence-electron chi connectivity index (χ1n) is 9.09. The summed E-state index contributed by atoms with van der Waals surface area (Å²) in [4.78, 5) is 14.1. The van der Waals surface area contributed by atoms with Crippen LogP contribution in [0.1, 0.15) is 5.56 Å². The molecule has 0 aliphatic rings. The van der Waals surface area contributed by atoms with Gasteiger partial charge in [-0.1, -0.05) is 23.9 Å². The number of aromatic nitrogens is 2. The first kappa shape index (κ1) is 21.5. The van der Waals surface area contributed by atoms with Gasteiger partial charge in [0.05, 0.1) is 27.1 Å². The van der Waals surface area contributed by atoms with Gasteiger partial charge in [-0.05, 0) is 35.9 Å². The predicted molar refractivity (Wildman–Crippen MR) is 113 cm³/mol. The van der Waals surface area contributed by atoms with Gasteiger partial charge in [-0.25, -0.2) is 0 Å². The molecule has 158 valence electrons. The van der Waals surface area contributed by atoms with Gasteiger partial charge in [0, 0.05) is 19.2 Å². The van der Waals surface area contributed by atoms with E-state index in [0.29, 0.717) is 34.7 Å². The number of thioether (sulfide) groups is 1. The minimum Gasteiger partial charge on any atom is -0.497 e. The van der Waals surface area contributed by atoms with Crippen molar-refractivity contribution < 1.29 is 23.4 Å². The summed E-state index contributed by atoms with van der Waals surface area (Å²) in [7, 11) is 6.50. The fourth-order valence-electron chi connectivity index (χ4n) is 2.72. The number of methoxy groups -OCH3 is 3. The molecule has 2 aromatic carbocycles. The second-order valence-electron chi connectivity index (χ2n) is 6.33. The van der Waals surface area contributed by atoms with Crippen LogP contribution in [0.4, 0.5) is 0 Å². The molecule has 0 aliphatic heterocycles. The molecule has 0 saturated heterocycles. The van der Waals surface area contributed by atoms with Gasteiger partial charge in [-0.15, -0.1) is 10.2 Å². The Morgan fingerprint density at radius 2 is 1.83 bits per heavy atom. The van der Waals surface area contributed by atoms with E-state index in [4.69, 9.17) is 18.6 Å². The van der Waals surface area contributed by atoms with E-state index in [1.165, 1.54) is 11.8 Å². The first-order chi connectivity index (χ1) is 14.5. The normalized spacial score (nSPS) is 10.5. The molecule has 0 fully saturated rings. The molecule has 1 aromatic heterocycles. The molecule has 3 rings (SSSR count). The van der Waals surface area contributed by atoms with Crippen molar-refractivity contribution in [3.8, 4) is 28.7 Å². The third kappa shape index (κ3) is 5.24. The van der Waals surface area contributed by atoms with Gasteiger partial charge in [0.15, 0.2) is 11.5 Å². The molecule has 0 bridgehead atoms. The van der Waals surface area contributed by atoms with E-state index in [2.05, 4.69) is 10.2 Å². The number of benzene rings is 2. The van der Waals surface area contributed by atoms with Crippen LogP contribution in [0.2, 0.25) is 0 Å². The number of carbonyl (C=O) groups is 1. The number of carbonyl (C=O) groups excluding carboxylic acids is 1. The lowest BCUT2D eigenvalue weighted by Gasteiger charge is -2.17. The Labute approximate surface area is 179 Å². The Balaban J connectivity index is 1.58. The van der Waals surface area contributed by atoms with Crippen molar-refractivity contribution in [2.75, 3.05) is 34.1 Å². The maximum absolute atomic E-state index is 12.5. The summed E-state index contributed by atoms with van der Waals surface area (Å²) >= 11 is 1.20. The van der Waals surface area contributed by atoms with Crippen LogP contribution < -0.4 is 14.2 Å². The average molecular weight is 429 g/mol. The molecule has 30 heavy (non-hydrogen) atoms. The summed E-state index contributed by atoms with van der Waals surface area (Å²) < 4.78 is 21.4. The van der Waals surface area contributed by atoms with Crippen LogP contribution in [0.5, 0.6) is 17.2 Å². The molecule has 1 heterocycles. The zero-order valence-electron chi connectivity index (χ0n) is 17.2. The molecule has 3 aromatic rings. The molecule has 0 atom stereocenters. The molecule has 0 radical (unpaired) electrons. The maximum atomic E-state index is 12.5. The molecule has 9 heteroatoms. The molecular formula is C21H23N3O5S. The fourth-order valence-corrected chi connectivity index (χ4v) is 3.42. The molecule has 0 spiro atoms. The van der Waals surface area contributed by atoms with Crippen LogP contribution in [0.3, 0.4) is 0 Å². The highest BCUT2D eigenvalue weighted by molar-refractivity contribution is 7.99.